The van der Waals surface area contributed by atoms with E-state index < -0.39 is 0 Å². The van der Waals surface area contributed by atoms with Crippen LogP contribution in [0.15, 0.2) is 12.1 Å². The van der Waals surface area contributed by atoms with E-state index in [0.717, 1.165) is 5.75 Å². The van der Waals surface area contributed by atoms with E-state index in [1.165, 1.54) is 16.7 Å². The molecule has 1 aromatic carbocycles. The molecule has 0 saturated heterocycles. The molecule has 1 unspecified atom stereocenters. The zero-order valence-electron chi connectivity index (χ0n) is 13.7. The minimum Gasteiger partial charge on any atom is -0.496 e. The van der Waals surface area contributed by atoms with Crippen LogP contribution in [0.25, 0.3) is 0 Å². The maximum absolute atomic E-state index is 6.54. The quantitative estimate of drug-likeness (QED) is 0.890. The Balaban J connectivity index is 3.53. The van der Waals surface area contributed by atoms with Crippen molar-refractivity contribution in [2.45, 2.75) is 59.4 Å². The molecular weight excluding hydrogens is 234 g/mol. The highest BCUT2D eigenvalue weighted by molar-refractivity contribution is 5.48. The third-order valence-electron chi connectivity index (χ3n) is 4.13. The number of methoxy groups -OCH3 is 1. The Morgan fingerprint density at radius 1 is 1.05 bits per heavy atom. The van der Waals surface area contributed by atoms with Crippen LogP contribution in [0.4, 0.5) is 0 Å². The van der Waals surface area contributed by atoms with Gasteiger partial charge in [-0.25, -0.2) is 0 Å². The molecule has 0 aromatic heterocycles. The Morgan fingerprint density at radius 2 is 1.58 bits per heavy atom. The Hall–Kier alpha value is -1.02. The van der Waals surface area contributed by atoms with Gasteiger partial charge in [0, 0.05) is 5.54 Å². The Labute approximate surface area is 118 Å². The number of benzene rings is 1. The minimum absolute atomic E-state index is 0.0425. The van der Waals surface area contributed by atoms with Crippen molar-refractivity contribution in [3.05, 3.63) is 28.8 Å². The van der Waals surface area contributed by atoms with E-state index in [1.54, 1.807) is 7.11 Å². The Bertz CT molecular complexity index is 453. The molecule has 0 aliphatic rings. The molecular formula is C17H29NO. The fourth-order valence-electron chi connectivity index (χ4n) is 2.33. The van der Waals surface area contributed by atoms with Gasteiger partial charge in [-0.05, 0) is 54.0 Å². The highest BCUT2D eigenvalue weighted by atomic mass is 16.5. The molecule has 2 nitrogen and oxygen atoms in total. The lowest BCUT2D eigenvalue weighted by atomic mass is 9.76. The molecule has 0 amide bonds. The highest BCUT2D eigenvalue weighted by Gasteiger charge is 2.30. The third-order valence-corrected chi connectivity index (χ3v) is 4.13. The van der Waals surface area contributed by atoms with E-state index in [1.807, 2.05) is 0 Å². The lowest BCUT2D eigenvalue weighted by molar-refractivity contribution is 0.346. The number of hydrogen-bond acceptors (Lipinski definition) is 2. The summed E-state index contributed by atoms with van der Waals surface area (Å²) < 4.78 is 5.54. The summed E-state index contributed by atoms with van der Waals surface area (Å²) in [6.45, 7) is 15.2. The Kier molecular flexibility index (Phi) is 4.36. The van der Waals surface area contributed by atoms with Crippen LogP contribution in [0.1, 0.15) is 58.2 Å². The van der Waals surface area contributed by atoms with Crippen LogP contribution in [0.3, 0.4) is 0 Å². The van der Waals surface area contributed by atoms with Crippen LogP contribution in [-0.2, 0) is 11.0 Å². The molecule has 1 atom stereocenters. The van der Waals surface area contributed by atoms with Gasteiger partial charge in [-0.15, -0.1) is 0 Å². The van der Waals surface area contributed by atoms with E-state index in [-0.39, 0.29) is 11.0 Å². The molecule has 0 heterocycles. The average Bonchev–Trinajstić information content (AvgIpc) is 2.26. The van der Waals surface area contributed by atoms with Gasteiger partial charge in [0.25, 0.3) is 0 Å². The van der Waals surface area contributed by atoms with Crippen molar-refractivity contribution in [1.29, 1.82) is 0 Å². The first-order chi connectivity index (χ1) is 8.51. The average molecular weight is 263 g/mol. The maximum Gasteiger partial charge on any atom is 0.122 e. The van der Waals surface area contributed by atoms with Crippen molar-refractivity contribution in [1.82, 2.24) is 0 Å². The monoisotopic (exact) mass is 263 g/mol. The van der Waals surface area contributed by atoms with Crippen LogP contribution >= 0.6 is 0 Å². The third kappa shape index (κ3) is 3.11. The number of aryl methyl sites for hydroxylation is 1. The molecule has 0 saturated carbocycles. The molecule has 0 fully saturated rings. The van der Waals surface area contributed by atoms with E-state index in [9.17, 15) is 0 Å². The van der Waals surface area contributed by atoms with Crippen molar-refractivity contribution < 1.29 is 4.74 Å². The number of nitrogens with two attached hydrogens (primary N) is 1. The zero-order chi connectivity index (χ0) is 15.0. The second kappa shape index (κ2) is 5.16. The smallest absolute Gasteiger partial charge is 0.122 e. The summed E-state index contributed by atoms with van der Waals surface area (Å²) in [5.74, 6) is 1.33. The first-order valence-electron chi connectivity index (χ1n) is 7.00. The van der Waals surface area contributed by atoms with Gasteiger partial charge in [-0.1, -0.05) is 34.6 Å². The molecule has 2 N–H and O–H groups in total. The van der Waals surface area contributed by atoms with E-state index in [0.29, 0.717) is 5.92 Å². The number of ether oxygens (including phenoxy) is 1. The van der Waals surface area contributed by atoms with Gasteiger partial charge >= 0.3 is 0 Å². The molecule has 0 aliphatic carbocycles. The topological polar surface area (TPSA) is 35.2 Å². The SMILES string of the molecule is COc1cc(C)c(C(C)(N)C(C)C)cc1C(C)(C)C. The van der Waals surface area contributed by atoms with E-state index in [4.69, 9.17) is 10.5 Å². The molecule has 0 bridgehead atoms. The summed E-state index contributed by atoms with van der Waals surface area (Å²) in [6.07, 6.45) is 0. The molecule has 2 heteroatoms. The summed E-state index contributed by atoms with van der Waals surface area (Å²) in [6, 6.07) is 4.34. The molecule has 0 aliphatic heterocycles. The van der Waals surface area contributed by atoms with Crippen LogP contribution < -0.4 is 10.5 Å². The van der Waals surface area contributed by atoms with Crippen LogP contribution in [0, 0.1) is 12.8 Å². The van der Waals surface area contributed by atoms with Crippen molar-refractivity contribution >= 4 is 0 Å². The first-order valence-corrected chi connectivity index (χ1v) is 7.00. The standard InChI is InChI=1S/C17H29NO/c1-11(2)17(7,18)13-10-14(16(4,5)6)15(19-8)9-12(13)3/h9-11H,18H2,1-8H3. The van der Waals surface area contributed by atoms with Gasteiger partial charge < -0.3 is 10.5 Å². The summed E-state index contributed by atoms with van der Waals surface area (Å²) in [4.78, 5) is 0. The second-order valence-corrected chi connectivity index (χ2v) is 7.05. The van der Waals surface area contributed by atoms with Crippen molar-refractivity contribution in [3.8, 4) is 5.75 Å². The summed E-state index contributed by atoms with van der Waals surface area (Å²) in [5, 5.41) is 0. The van der Waals surface area contributed by atoms with Crippen molar-refractivity contribution in [3.63, 3.8) is 0 Å². The summed E-state index contributed by atoms with van der Waals surface area (Å²) >= 11 is 0. The second-order valence-electron chi connectivity index (χ2n) is 7.05. The van der Waals surface area contributed by atoms with Gasteiger partial charge in [0.2, 0.25) is 0 Å². The van der Waals surface area contributed by atoms with Crippen LogP contribution in [0.2, 0.25) is 0 Å². The zero-order valence-corrected chi connectivity index (χ0v) is 13.7. The van der Waals surface area contributed by atoms with Crippen LogP contribution in [-0.4, -0.2) is 7.11 Å². The predicted molar refractivity (Wildman–Crippen MR) is 82.8 cm³/mol. The number of hydrogen-bond donors (Lipinski definition) is 1. The number of rotatable bonds is 3. The first kappa shape index (κ1) is 16.0. The summed E-state index contributed by atoms with van der Waals surface area (Å²) in [5.41, 5.74) is 9.89. The van der Waals surface area contributed by atoms with E-state index in [2.05, 4.69) is 60.6 Å². The molecule has 108 valence electrons. The van der Waals surface area contributed by atoms with Gasteiger partial charge in [0.15, 0.2) is 0 Å². The largest absolute Gasteiger partial charge is 0.496 e. The van der Waals surface area contributed by atoms with Crippen molar-refractivity contribution in [2.75, 3.05) is 7.11 Å². The van der Waals surface area contributed by atoms with E-state index >= 15 is 0 Å². The summed E-state index contributed by atoms with van der Waals surface area (Å²) in [7, 11) is 1.73. The van der Waals surface area contributed by atoms with Gasteiger partial charge in [0.05, 0.1) is 7.11 Å². The van der Waals surface area contributed by atoms with Gasteiger partial charge in [0.1, 0.15) is 5.75 Å². The van der Waals surface area contributed by atoms with Crippen molar-refractivity contribution in [2.24, 2.45) is 11.7 Å². The predicted octanol–water partition coefficient (Wildman–Crippen LogP) is 4.13. The molecule has 19 heavy (non-hydrogen) atoms. The van der Waals surface area contributed by atoms with Crippen LogP contribution in [0.5, 0.6) is 5.75 Å². The molecule has 0 radical (unpaired) electrons. The lowest BCUT2D eigenvalue weighted by Crippen LogP contribution is -2.39. The fourth-order valence-corrected chi connectivity index (χ4v) is 2.33. The maximum atomic E-state index is 6.54. The molecule has 1 aromatic rings. The fraction of sp³-hybridized carbons (Fsp3) is 0.647. The minimum atomic E-state index is -0.323. The Morgan fingerprint density at radius 3 is 1.95 bits per heavy atom. The van der Waals surface area contributed by atoms with Gasteiger partial charge in [-0.3, -0.25) is 0 Å². The normalized spacial score (nSPS) is 15.5. The molecule has 0 spiro atoms. The lowest BCUT2D eigenvalue weighted by Gasteiger charge is -2.34. The van der Waals surface area contributed by atoms with Gasteiger partial charge in [-0.2, -0.15) is 0 Å². The molecule has 1 rings (SSSR count). The highest BCUT2D eigenvalue weighted by Crippen LogP contribution is 2.38.